The normalized spacial score (nSPS) is 27.9. The number of ether oxygens (including phenoxy) is 1. The van der Waals surface area contributed by atoms with Crippen LogP contribution >= 0.6 is 0 Å². The molecule has 0 amide bonds. The van der Waals surface area contributed by atoms with Crippen molar-refractivity contribution in [3.05, 3.63) is 35.9 Å². The summed E-state index contributed by atoms with van der Waals surface area (Å²) in [5, 5.41) is 10.5. The van der Waals surface area contributed by atoms with Gasteiger partial charge in [-0.1, -0.05) is 30.3 Å². The van der Waals surface area contributed by atoms with E-state index < -0.39 is 11.7 Å². The fourth-order valence-corrected chi connectivity index (χ4v) is 3.29. The predicted octanol–water partition coefficient (Wildman–Crippen LogP) is 2.68. The van der Waals surface area contributed by atoms with Gasteiger partial charge in [0.1, 0.15) is 0 Å². The molecule has 0 radical (unpaired) electrons. The summed E-state index contributed by atoms with van der Waals surface area (Å²) in [6.07, 6.45) is -0.435. The molecule has 0 saturated carbocycles. The van der Waals surface area contributed by atoms with E-state index in [-0.39, 0.29) is 11.5 Å². The molecule has 2 unspecified atom stereocenters. The fraction of sp³-hybridized carbons (Fsp3) is 0.647. The monoisotopic (exact) mass is 277 g/mol. The van der Waals surface area contributed by atoms with E-state index in [0.717, 1.165) is 13.1 Å². The van der Waals surface area contributed by atoms with E-state index in [1.807, 2.05) is 19.9 Å². The summed E-state index contributed by atoms with van der Waals surface area (Å²) in [4.78, 5) is 2.26. The van der Waals surface area contributed by atoms with Crippen LogP contribution in [0.2, 0.25) is 0 Å². The molecule has 1 saturated heterocycles. The first-order valence-electron chi connectivity index (χ1n) is 7.33. The fourth-order valence-electron chi connectivity index (χ4n) is 3.29. The van der Waals surface area contributed by atoms with Crippen LogP contribution in [0.15, 0.2) is 30.3 Å². The number of benzene rings is 1. The molecule has 0 spiro atoms. The third kappa shape index (κ3) is 3.22. The van der Waals surface area contributed by atoms with Crippen molar-refractivity contribution in [2.45, 2.75) is 51.5 Å². The van der Waals surface area contributed by atoms with Crippen LogP contribution in [-0.2, 0) is 11.3 Å². The molecule has 1 fully saturated rings. The van der Waals surface area contributed by atoms with Gasteiger partial charge in [-0.15, -0.1) is 0 Å². The number of hydrogen-bond donors (Lipinski definition) is 1. The molecule has 1 aliphatic rings. The maximum absolute atomic E-state index is 10.5. The summed E-state index contributed by atoms with van der Waals surface area (Å²) in [7, 11) is 2.10. The molecule has 0 aliphatic carbocycles. The van der Waals surface area contributed by atoms with Crippen molar-refractivity contribution in [1.29, 1.82) is 0 Å². The first-order chi connectivity index (χ1) is 9.22. The van der Waals surface area contributed by atoms with Gasteiger partial charge in [-0.25, -0.2) is 0 Å². The van der Waals surface area contributed by atoms with E-state index >= 15 is 0 Å². The van der Waals surface area contributed by atoms with Crippen LogP contribution in [0.3, 0.4) is 0 Å². The topological polar surface area (TPSA) is 32.7 Å². The lowest BCUT2D eigenvalue weighted by Gasteiger charge is -2.30. The number of aliphatic hydroxyl groups excluding tert-OH is 1. The standard InChI is InChI=1S/C17H27NO2/c1-16(2)14(15(19)17(3,4)20-16)12-18(5)11-13-9-7-6-8-10-13/h6-10,14-15,19H,11-12H2,1-5H3. The molecule has 20 heavy (non-hydrogen) atoms. The summed E-state index contributed by atoms with van der Waals surface area (Å²) in [6.45, 7) is 9.80. The minimum absolute atomic E-state index is 0.117. The Morgan fingerprint density at radius 2 is 1.70 bits per heavy atom. The van der Waals surface area contributed by atoms with Crippen LogP contribution in [0.5, 0.6) is 0 Å². The molecule has 2 rings (SSSR count). The van der Waals surface area contributed by atoms with Gasteiger partial charge in [0.2, 0.25) is 0 Å². The average Bonchev–Trinajstić information content (AvgIpc) is 2.49. The van der Waals surface area contributed by atoms with Gasteiger partial charge in [0.05, 0.1) is 17.3 Å². The first-order valence-corrected chi connectivity index (χ1v) is 7.33. The first kappa shape index (κ1) is 15.5. The molecule has 1 heterocycles. The molecule has 1 aromatic rings. The highest BCUT2D eigenvalue weighted by atomic mass is 16.5. The lowest BCUT2D eigenvalue weighted by Crippen LogP contribution is -2.42. The zero-order valence-corrected chi connectivity index (χ0v) is 13.3. The molecule has 3 nitrogen and oxygen atoms in total. The second-order valence-corrected chi connectivity index (χ2v) is 7.04. The highest BCUT2D eigenvalue weighted by Crippen LogP contribution is 2.42. The number of nitrogens with zero attached hydrogens (tertiary/aromatic N) is 1. The average molecular weight is 277 g/mol. The number of hydrogen-bond acceptors (Lipinski definition) is 3. The van der Waals surface area contributed by atoms with Gasteiger partial charge in [0, 0.05) is 19.0 Å². The molecule has 0 bridgehead atoms. The van der Waals surface area contributed by atoms with Crippen LogP contribution in [0.25, 0.3) is 0 Å². The quantitative estimate of drug-likeness (QED) is 0.918. The Labute approximate surface area is 122 Å². The molecule has 3 heteroatoms. The highest BCUT2D eigenvalue weighted by molar-refractivity contribution is 5.14. The Bertz CT molecular complexity index is 442. The maximum Gasteiger partial charge on any atom is 0.0896 e. The van der Waals surface area contributed by atoms with Crippen LogP contribution in [-0.4, -0.2) is 40.9 Å². The van der Waals surface area contributed by atoms with Crippen LogP contribution in [0, 0.1) is 5.92 Å². The molecular weight excluding hydrogens is 250 g/mol. The molecule has 1 N–H and O–H groups in total. The highest BCUT2D eigenvalue weighted by Gasteiger charge is 2.53. The minimum atomic E-state index is -0.470. The summed E-state index contributed by atoms with van der Waals surface area (Å²) in [6, 6.07) is 10.4. The van der Waals surface area contributed by atoms with Gasteiger partial charge >= 0.3 is 0 Å². The van der Waals surface area contributed by atoms with Crippen molar-refractivity contribution in [1.82, 2.24) is 4.90 Å². The third-order valence-corrected chi connectivity index (χ3v) is 4.32. The van der Waals surface area contributed by atoms with Crippen LogP contribution < -0.4 is 0 Å². The van der Waals surface area contributed by atoms with Crippen molar-refractivity contribution in [3.8, 4) is 0 Å². The Hall–Kier alpha value is -0.900. The van der Waals surface area contributed by atoms with E-state index in [1.54, 1.807) is 0 Å². The largest absolute Gasteiger partial charge is 0.390 e. The Morgan fingerprint density at radius 1 is 1.10 bits per heavy atom. The molecule has 0 aromatic heterocycles. The van der Waals surface area contributed by atoms with E-state index in [9.17, 15) is 5.11 Å². The summed E-state index contributed by atoms with van der Waals surface area (Å²) >= 11 is 0. The van der Waals surface area contributed by atoms with Gasteiger partial charge < -0.3 is 14.7 Å². The Kier molecular flexibility index (Phi) is 4.24. The lowest BCUT2D eigenvalue weighted by molar-refractivity contribution is -0.0912. The number of aliphatic hydroxyl groups is 1. The predicted molar refractivity (Wildman–Crippen MR) is 81.5 cm³/mol. The van der Waals surface area contributed by atoms with E-state index in [1.165, 1.54) is 5.56 Å². The minimum Gasteiger partial charge on any atom is -0.390 e. The zero-order valence-electron chi connectivity index (χ0n) is 13.3. The van der Waals surface area contributed by atoms with Crippen molar-refractivity contribution < 1.29 is 9.84 Å². The van der Waals surface area contributed by atoms with E-state index in [2.05, 4.69) is 50.1 Å². The van der Waals surface area contributed by atoms with Gasteiger partial charge in [-0.3, -0.25) is 0 Å². The Morgan fingerprint density at radius 3 is 2.20 bits per heavy atom. The SMILES string of the molecule is CN(Cc1ccccc1)CC1C(O)C(C)(C)OC1(C)C. The molecular formula is C17H27NO2. The molecule has 2 atom stereocenters. The van der Waals surface area contributed by atoms with E-state index in [4.69, 9.17) is 4.74 Å². The van der Waals surface area contributed by atoms with E-state index in [0.29, 0.717) is 0 Å². The summed E-state index contributed by atoms with van der Waals surface area (Å²) in [5.41, 5.74) is 0.524. The van der Waals surface area contributed by atoms with Crippen molar-refractivity contribution >= 4 is 0 Å². The second kappa shape index (κ2) is 5.47. The lowest BCUT2D eigenvalue weighted by atomic mass is 9.84. The van der Waals surface area contributed by atoms with Crippen molar-refractivity contribution in [2.24, 2.45) is 5.92 Å². The third-order valence-electron chi connectivity index (χ3n) is 4.32. The van der Waals surface area contributed by atoms with Gasteiger partial charge in [-0.2, -0.15) is 0 Å². The summed E-state index contributed by atoms with van der Waals surface area (Å²) < 4.78 is 6.04. The zero-order chi connectivity index (χ0) is 15.0. The van der Waals surface area contributed by atoms with Crippen molar-refractivity contribution in [2.75, 3.05) is 13.6 Å². The van der Waals surface area contributed by atoms with Gasteiger partial charge in [-0.05, 0) is 40.3 Å². The van der Waals surface area contributed by atoms with Crippen LogP contribution in [0.1, 0.15) is 33.3 Å². The molecule has 1 aromatic carbocycles. The number of rotatable bonds is 4. The maximum atomic E-state index is 10.5. The summed E-state index contributed by atoms with van der Waals surface area (Å²) in [5.74, 6) is 0.117. The Balaban J connectivity index is 2.02. The van der Waals surface area contributed by atoms with Gasteiger partial charge in [0.15, 0.2) is 0 Å². The molecule has 1 aliphatic heterocycles. The molecule has 112 valence electrons. The van der Waals surface area contributed by atoms with Crippen LogP contribution in [0.4, 0.5) is 0 Å². The second-order valence-electron chi connectivity index (χ2n) is 7.04. The van der Waals surface area contributed by atoms with Gasteiger partial charge in [0.25, 0.3) is 0 Å². The smallest absolute Gasteiger partial charge is 0.0896 e. The van der Waals surface area contributed by atoms with Crippen molar-refractivity contribution in [3.63, 3.8) is 0 Å².